The number of nitrogens with zero attached hydrogens (tertiary/aromatic N) is 6. The van der Waals surface area contributed by atoms with Crippen molar-refractivity contribution in [1.82, 2.24) is 24.3 Å². The summed E-state index contributed by atoms with van der Waals surface area (Å²) in [4.78, 5) is 19.0. The molecule has 0 unspecified atom stereocenters. The van der Waals surface area contributed by atoms with E-state index in [2.05, 4.69) is 20.2 Å². The fraction of sp³-hybridized carbons (Fsp3) is 0.419. The van der Waals surface area contributed by atoms with Crippen molar-refractivity contribution in [2.24, 2.45) is 7.05 Å². The van der Waals surface area contributed by atoms with Crippen molar-refractivity contribution in [2.75, 3.05) is 18.0 Å². The van der Waals surface area contributed by atoms with Gasteiger partial charge in [-0.05, 0) is 79.1 Å². The minimum Gasteiger partial charge on any atom is -0.488 e. The van der Waals surface area contributed by atoms with E-state index in [1.807, 2.05) is 44.3 Å². The minimum atomic E-state index is -3.81. The van der Waals surface area contributed by atoms with Gasteiger partial charge in [0.05, 0.1) is 12.5 Å². The molecule has 1 N–H and O–H groups in total. The van der Waals surface area contributed by atoms with Crippen LogP contribution in [0.15, 0.2) is 53.6 Å². The highest BCUT2D eigenvalue weighted by Gasteiger charge is 2.40. The van der Waals surface area contributed by atoms with Crippen LogP contribution in [0.5, 0.6) is 5.75 Å². The highest BCUT2D eigenvalue weighted by molar-refractivity contribution is 7.89. The fourth-order valence-electron chi connectivity index (χ4n) is 6.43. The summed E-state index contributed by atoms with van der Waals surface area (Å²) in [5.74, 6) is -0.255. The zero-order valence-corrected chi connectivity index (χ0v) is 25.0. The van der Waals surface area contributed by atoms with Crippen LogP contribution in [-0.2, 0) is 28.4 Å². The lowest BCUT2D eigenvalue weighted by Gasteiger charge is -2.26. The van der Waals surface area contributed by atoms with Crippen LogP contribution < -0.4 is 9.64 Å². The number of carboxylic acids is 1. The number of aromatic nitrogens is 4. The first-order valence-electron chi connectivity index (χ1n) is 14.7. The maximum atomic E-state index is 14.0. The number of carbonyl (C=O) groups is 1. The van der Waals surface area contributed by atoms with Crippen molar-refractivity contribution in [3.63, 3.8) is 0 Å². The van der Waals surface area contributed by atoms with Gasteiger partial charge in [-0.2, -0.15) is 4.31 Å². The molecule has 7 rings (SSSR count). The first-order valence-corrected chi connectivity index (χ1v) is 16.2. The number of aryl methyl sites for hydroxylation is 2. The maximum absolute atomic E-state index is 14.0. The molecule has 224 valence electrons. The highest BCUT2D eigenvalue weighted by Crippen LogP contribution is 2.39. The Hall–Kier alpha value is -4.03. The summed E-state index contributed by atoms with van der Waals surface area (Å²) in [6.45, 7) is 3.29. The molecule has 0 spiro atoms. The van der Waals surface area contributed by atoms with Gasteiger partial charge in [0.1, 0.15) is 27.5 Å². The molecule has 1 saturated heterocycles. The molecule has 4 aromatic rings. The van der Waals surface area contributed by atoms with Gasteiger partial charge in [0.15, 0.2) is 0 Å². The Kier molecular flexibility index (Phi) is 6.85. The summed E-state index contributed by atoms with van der Waals surface area (Å²) >= 11 is 0. The van der Waals surface area contributed by atoms with E-state index < -0.39 is 21.9 Å². The summed E-state index contributed by atoms with van der Waals surface area (Å²) in [5.41, 5.74) is 4.75. The van der Waals surface area contributed by atoms with E-state index >= 15 is 0 Å². The lowest BCUT2D eigenvalue weighted by Crippen LogP contribution is -2.39. The number of sulfonamides is 1. The molecule has 1 aliphatic carbocycles. The topological polar surface area (TPSA) is 131 Å². The van der Waals surface area contributed by atoms with Gasteiger partial charge in [0.2, 0.25) is 10.0 Å². The van der Waals surface area contributed by atoms with Crippen LogP contribution in [0.25, 0.3) is 11.0 Å². The van der Waals surface area contributed by atoms with Gasteiger partial charge in [0.25, 0.3) is 0 Å². The van der Waals surface area contributed by atoms with Crippen LogP contribution in [-0.4, -0.2) is 69.0 Å². The van der Waals surface area contributed by atoms with Crippen LogP contribution >= 0.6 is 0 Å². The molecule has 4 heterocycles. The molecular weight excluding hydrogens is 568 g/mol. The van der Waals surface area contributed by atoms with Gasteiger partial charge < -0.3 is 14.7 Å². The van der Waals surface area contributed by atoms with E-state index in [4.69, 9.17) is 4.74 Å². The van der Waals surface area contributed by atoms with E-state index in [-0.39, 0.29) is 30.0 Å². The molecular formula is C31H34N6O5S. The molecule has 0 radical (unpaired) electrons. The monoisotopic (exact) mass is 602 g/mol. The average Bonchev–Trinajstić information content (AvgIpc) is 3.56. The number of aliphatic carboxylic acids is 1. The van der Waals surface area contributed by atoms with E-state index in [0.29, 0.717) is 23.6 Å². The Bertz CT molecular complexity index is 1840. The number of anilines is 1. The van der Waals surface area contributed by atoms with Crippen molar-refractivity contribution >= 4 is 32.8 Å². The lowest BCUT2D eigenvalue weighted by atomic mass is 9.86. The quantitative estimate of drug-likeness (QED) is 0.318. The Labute approximate surface area is 250 Å². The summed E-state index contributed by atoms with van der Waals surface area (Å²) in [7, 11) is -2.00. The zero-order chi connectivity index (χ0) is 29.9. The molecule has 2 aliphatic heterocycles. The third-order valence-corrected chi connectivity index (χ3v) is 10.7. The van der Waals surface area contributed by atoms with E-state index in [1.165, 1.54) is 0 Å². The number of rotatable bonds is 8. The first kappa shape index (κ1) is 27.8. The van der Waals surface area contributed by atoms with Crippen molar-refractivity contribution in [3.8, 4) is 5.75 Å². The van der Waals surface area contributed by atoms with Crippen molar-refractivity contribution in [3.05, 3.63) is 70.9 Å². The third-order valence-electron chi connectivity index (χ3n) is 8.84. The largest absolute Gasteiger partial charge is 0.488 e. The van der Waals surface area contributed by atoms with Gasteiger partial charge in [-0.1, -0.05) is 23.4 Å². The summed E-state index contributed by atoms with van der Waals surface area (Å²) in [6, 6.07) is 13.0. The second-order valence-electron chi connectivity index (χ2n) is 11.9. The third kappa shape index (κ3) is 5.12. The van der Waals surface area contributed by atoms with Crippen molar-refractivity contribution in [2.45, 2.75) is 68.5 Å². The summed E-state index contributed by atoms with van der Waals surface area (Å²) in [5, 5.41) is 18.4. The number of hydrogen-bond acceptors (Lipinski definition) is 8. The molecule has 12 heteroatoms. The smallest absolute Gasteiger partial charge is 0.304 e. The number of pyridine rings is 1. The van der Waals surface area contributed by atoms with Crippen LogP contribution in [0.3, 0.4) is 0 Å². The predicted molar refractivity (Wildman–Crippen MR) is 160 cm³/mol. The molecule has 43 heavy (non-hydrogen) atoms. The number of hydrogen-bond donors (Lipinski definition) is 1. The van der Waals surface area contributed by atoms with Crippen molar-refractivity contribution < 1.29 is 23.1 Å². The van der Waals surface area contributed by atoms with Crippen molar-refractivity contribution in [1.29, 1.82) is 0 Å². The molecule has 11 nitrogen and oxygen atoms in total. The van der Waals surface area contributed by atoms with Gasteiger partial charge in [-0.15, -0.1) is 5.10 Å². The predicted octanol–water partition coefficient (Wildman–Crippen LogP) is 3.99. The van der Waals surface area contributed by atoms with E-state index in [0.717, 1.165) is 60.0 Å². The fourth-order valence-corrected chi connectivity index (χ4v) is 8.04. The van der Waals surface area contributed by atoms with Gasteiger partial charge in [-0.3, -0.25) is 4.79 Å². The Morgan fingerprint density at radius 3 is 2.77 bits per heavy atom. The zero-order valence-electron chi connectivity index (χ0n) is 24.2. The summed E-state index contributed by atoms with van der Waals surface area (Å²) in [6.07, 6.45) is 5.50. The SMILES string of the molecule is Cc1ccc([C@@H](CC(=O)O)c2cc(OC3CC3)c3c(c2)nnn3C)cc1CN1C[C@H]2CCCN2c2ncccc2S1(=O)=O. The molecule has 0 bridgehead atoms. The Balaban J connectivity index is 1.27. The molecule has 0 amide bonds. The first-order chi connectivity index (χ1) is 20.7. The number of ether oxygens (including phenoxy) is 1. The van der Waals surface area contributed by atoms with Crippen LogP contribution in [0.1, 0.15) is 60.3 Å². The van der Waals surface area contributed by atoms with Crippen LogP contribution in [0.4, 0.5) is 5.82 Å². The molecule has 1 saturated carbocycles. The number of carboxylic acid groups (broad SMARTS) is 1. The van der Waals surface area contributed by atoms with Crippen LogP contribution in [0.2, 0.25) is 0 Å². The Morgan fingerprint density at radius 2 is 1.98 bits per heavy atom. The van der Waals surface area contributed by atoms with E-state index in [9.17, 15) is 18.3 Å². The van der Waals surface area contributed by atoms with Gasteiger partial charge in [-0.25, -0.2) is 18.1 Å². The number of fused-ring (bicyclic) bond motifs is 4. The number of benzene rings is 2. The molecule has 2 aromatic carbocycles. The van der Waals surface area contributed by atoms with E-state index in [1.54, 1.807) is 27.3 Å². The normalized spacial score (nSPS) is 20.4. The van der Waals surface area contributed by atoms with Crippen LogP contribution in [0, 0.1) is 6.92 Å². The molecule has 2 atom stereocenters. The maximum Gasteiger partial charge on any atom is 0.304 e. The van der Waals surface area contributed by atoms with Gasteiger partial charge >= 0.3 is 5.97 Å². The Morgan fingerprint density at radius 1 is 1.14 bits per heavy atom. The molecule has 3 aliphatic rings. The standard InChI is InChI=1S/C31H34N6O5S/c1-19-7-8-20(25(16-29(38)39)21-14-26-30(35(2)34-33-26)27(15-21)42-24-9-10-24)13-22(19)17-36-18-23-5-4-12-37(23)31-28(43(36,40)41)6-3-11-32-31/h3,6-8,11,13-15,23-25H,4-5,9-10,12,16-18H2,1-2H3,(H,38,39)/t23-,25-/m1/s1. The average molecular weight is 603 g/mol. The summed E-state index contributed by atoms with van der Waals surface area (Å²) < 4.78 is 37.4. The highest BCUT2D eigenvalue weighted by atomic mass is 32.2. The second kappa shape index (κ2) is 10.6. The lowest BCUT2D eigenvalue weighted by molar-refractivity contribution is -0.137. The van der Waals surface area contributed by atoms with Gasteiger partial charge in [0, 0.05) is 44.8 Å². The molecule has 2 fully saturated rings. The minimum absolute atomic E-state index is 0.0535. The molecule has 2 aromatic heterocycles. The second-order valence-corrected chi connectivity index (χ2v) is 13.8.